The maximum absolute atomic E-state index is 12.8. The van der Waals surface area contributed by atoms with Gasteiger partial charge in [0.1, 0.15) is 16.9 Å². The molecule has 4 aromatic rings. The van der Waals surface area contributed by atoms with E-state index in [1.54, 1.807) is 22.7 Å². The lowest BCUT2D eigenvalue weighted by Crippen LogP contribution is -2.38. The Kier molecular flexibility index (Phi) is 6.29. The monoisotopic (exact) mass is 461 g/mol. The van der Waals surface area contributed by atoms with E-state index in [4.69, 9.17) is 4.74 Å². The van der Waals surface area contributed by atoms with Crippen LogP contribution in [0.2, 0.25) is 0 Å². The molecule has 0 aliphatic carbocycles. The van der Waals surface area contributed by atoms with Crippen molar-refractivity contribution in [1.82, 2.24) is 15.2 Å². The second-order valence-corrected chi connectivity index (χ2v) is 9.50. The van der Waals surface area contributed by atoms with Crippen LogP contribution in [0.15, 0.2) is 77.5 Å². The number of fused-ring (bicyclic) bond motifs is 1. The van der Waals surface area contributed by atoms with Crippen LogP contribution in [0.5, 0.6) is 5.75 Å². The number of amides is 1. The molecule has 1 aliphatic rings. The molecule has 1 atom stereocenters. The van der Waals surface area contributed by atoms with E-state index in [-0.39, 0.29) is 12.0 Å². The maximum atomic E-state index is 12.8. The SMILES string of the molecule is O=C(CN1Cc2ccccc2O[C@@H](c2ccccc2)C1)NCc1csc(-c2cccs2)n1. The van der Waals surface area contributed by atoms with E-state index >= 15 is 0 Å². The van der Waals surface area contributed by atoms with Gasteiger partial charge in [0.05, 0.1) is 23.7 Å². The third-order valence-corrected chi connectivity index (χ3v) is 7.28. The number of carbonyl (C=O) groups excluding carboxylic acids is 1. The van der Waals surface area contributed by atoms with Crippen LogP contribution in [0.4, 0.5) is 0 Å². The van der Waals surface area contributed by atoms with Crippen LogP contribution < -0.4 is 10.1 Å². The van der Waals surface area contributed by atoms with Crippen LogP contribution in [-0.2, 0) is 17.9 Å². The largest absolute Gasteiger partial charge is 0.484 e. The van der Waals surface area contributed by atoms with Gasteiger partial charge in [-0.1, -0.05) is 54.6 Å². The first-order valence-corrected chi connectivity index (χ1v) is 12.3. The van der Waals surface area contributed by atoms with Gasteiger partial charge in [0, 0.05) is 24.0 Å². The van der Waals surface area contributed by atoms with Crippen LogP contribution >= 0.6 is 22.7 Å². The third kappa shape index (κ3) is 4.91. The number of nitrogens with zero attached hydrogens (tertiary/aromatic N) is 2. The highest BCUT2D eigenvalue weighted by atomic mass is 32.1. The molecular formula is C25H23N3O2S2. The van der Waals surface area contributed by atoms with Crippen LogP contribution in [-0.4, -0.2) is 28.9 Å². The first-order chi connectivity index (χ1) is 15.7. The number of hydrogen-bond acceptors (Lipinski definition) is 6. The summed E-state index contributed by atoms with van der Waals surface area (Å²) in [4.78, 5) is 20.7. The molecule has 0 saturated heterocycles. The Bertz CT molecular complexity index is 1170. The molecule has 1 aliphatic heterocycles. The van der Waals surface area contributed by atoms with Gasteiger partial charge in [-0.3, -0.25) is 9.69 Å². The first-order valence-electron chi connectivity index (χ1n) is 10.5. The number of thiophene rings is 1. The number of carbonyl (C=O) groups is 1. The van der Waals surface area contributed by atoms with E-state index in [2.05, 4.69) is 39.5 Å². The summed E-state index contributed by atoms with van der Waals surface area (Å²) in [6.45, 7) is 2.06. The maximum Gasteiger partial charge on any atom is 0.234 e. The van der Waals surface area contributed by atoms with E-state index < -0.39 is 0 Å². The van der Waals surface area contributed by atoms with E-state index in [1.165, 1.54) is 0 Å². The van der Waals surface area contributed by atoms with Crippen molar-refractivity contribution in [2.24, 2.45) is 0 Å². The lowest BCUT2D eigenvalue weighted by atomic mass is 10.1. The zero-order chi connectivity index (χ0) is 21.8. The zero-order valence-corrected chi connectivity index (χ0v) is 19.1. The van der Waals surface area contributed by atoms with E-state index in [1.807, 2.05) is 53.2 Å². The number of benzene rings is 2. The van der Waals surface area contributed by atoms with Gasteiger partial charge < -0.3 is 10.1 Å². The molecule has 0 fully saturated rings. The van der Waals surface area contributed by atoms with Crippen molar-refractivity contribution in [2.45, 2.75) is 19.2 Å². The molecule has 2 aromatic carbocycles. The first kappa shape index (κ1) is 20.9. The van der Waals surface area contributed by atoms with Crippen molar-refractivity contribution in [3.8, 4) is 15.6 Å². The molecule has 5 nitrogen and oxygen atoms in total. The van der Waals surface area contributed by atoms with Crippen LogP contribution in [0.25, 0.3) is 9.88 Å². The van der Waals surface area contributed by atoms with E-state index in [9.17, 15) is 4.79 Å². The lowest BCUT2D eigenvalue weighted by Gasteiger charge is -2.23. The lowest BCUT2D eigenvalue weighted by molar-refractivity contribution is -0.122. The predicted octanol–water partition coefficient (Wildman–Crippen LogP) is 5.12. The summed E-state index contributed by atoms with van der Waals surface area (Å²) >= 11 is 3.28. The highest BCUT2D eigenvalue weighted by Gasteiger charge is 2.25. The Morgan fingerprint density at radius 2 is 1.91 bits per heavy atom. The van der Waals surface area contributed by atoms with E-state index in [0.29, 0.717) is 26.2 Å². The second kappa shape index (κ2) is 9.65. The highest BCUT2D eigenvalue weighted by Crippen LogP contribution is 2.31. The Morgan fingerprint density at radius 1 is 1.06 bits per heavy atom. The molecule has 32 heavy (non-hydrogen) atoms. The summed E-state index contributed by atoms with van der Waals surface area (Å²) in [5.41, 5.74) is 3.09. The van der Waals surface area contributed by atoms with Gasteiger partial charge >= 0.3 is 0 Å². The minimum atomic E-state index is -0.125. The van der Waals surface area contributed by atoms with Crippen LogP contribution in [0, 0.1) is 0 Å². The molecule has 5 rings (SSSR count). The zero-order valence-electron chi connectivity index (χ0n) is 17.4. The molecule has 0 bridgehead atoms. The summed E-state index contributed by atoms with van der Waals surface area (Å²) < 4.78 is 6.34. The molecule has 162 valence electrons. The molecule has 0 spiro atoms. The van der Waals surface area contributed by atoms with Crippen LogP contribution in [0.1, 0.15) is 22.9 Å². The Morgan fingerprint density at radius 3 is 2.75 bits per heavy atom. The van der Waals surface area contributed by atoms with Gasteiger partial charge in [0.2, 0.25) is 5.91 Å². The normalized spacial score (nSPS) is 16.1. The fourth-order valence-corrected chi connectivity index (χ4v) is 5.43. The summed E-state index contributed by atoms with van der Waals surface area (Å²) in [7, 11) is 0. The quantitative estimate of drug-likeness (QED) is 0.433. The Labute approximate surface area is 195 Å². The average molecular weight is 462 g/mol. The molecule has 3 heterocycles. The molecule has 0 radical (unpaired) electrons. The number of aromatic nitrogens is 1. The molecule has 7 heteroatoms. The number of ether oxygens (including phenoxy) is 1. The number of para-hydroxylation sites is 1. The number of rotatable bonds is 6. The van der Waals surface area contributed by atoms with Crippen molar-refractivity contribution in [3.63, 3.8) is 0 Å². The number of hydrogen-bond donors (Lipinski definition) is 1. The smallest absolute Gasteiger partial charge is 0.234 e. The fourth-order valence-electron chi connectivity index (χ4n) is 3.79. The van der Waals surface area contributed by atoms with Gasteiger partial charge in [-0.15, -0.1) is 22.7 Å². The van der Waals surface area contributed by atoms with Crippen molar-refractivity contribution in [2.75, 3.05) is 13.1 Å². The summed E-state index contributed by atoms with van der Waals surface area (Å²) in [5, 5.41) is 8.08. The standard InChI is InChI=1S/C25H23N3O2S2/c29-24(26-13-20-17-32-25(27-20)23-11-6-12-31-23)16-28-14-19-9-4-5-10-21(19)30-22(15-28)18-7-2-1-3-8-18/h1-12,17,22H,13-16H2,(H,26,29)/t22-/m1/s1. The van der Waals surface area contributed by atoms with Crippen LogP contribution in [0.3, 0.4) is 0 Å². The van der Waals surface area contributed by atoms with Crippen molar-refractivity contribution in [1.29, 1.82) is 0 Å². The third-order valence-electron chi connectivity index (χ3n) is 5.35. The van der Waals surface area contributed by atoms with Crippen molar-refractivity contribution in [3.05, 3.63) is 94.3 Å². The summed E-state index contributed by atoms with van der Waals surface area (Å²) in [6, 6.07) is 22.3. The fraction of sp³-hybridized carbons (Fsp3) is 0.200. The average Bonchev–Trinajstić information content (AvgIpc) is 3.48. The van der Waals surface area contributed by atoms with Crippen molar-refractivity contribution >= 4 is 28.6 Å². The molecule has 1 N–H and O–H groups in total. The number of thiazole rings is 1. The predicted molar refractivity (Wildman–Crippen MR) is 129 cm³/mol. The highest BCUT2D eigenvalue weighted by molar-refractivity contribution is 7.20. The van der Waals surface area contributed by atoms with Crippen molar-refractivity contribution < 1.29 is 9.53 Å². The minimum Gasteiger partial charge on any atom is -0.484 e. The Hall–Kier alpha value is -3.00. The summed E-state index contributed by atoms with van der Waals surface area (Å²) in [5.74, 6) is 0.870. The topological polar surface area (TPSA) is 54.5 Å². The Balaban J connectivity index is 1.25. The molecule has 1 amide bonds. The van der Waals surface area contributed by atoms with E-state index in [0.717, 1.165) is 32.5 Å². The van der Waals surface area contributed by atoms with Gasteiger partial charge in [-0.25, -0.2) is 4.98 Å². The minimum absolute atomic E-state index is 0.0122. The van der Waals surface area contributed by atoms with Gasteiger partial charge in [-0.2, -0.15) is 0 Å². The molecule has 0 unspecified atom stereocenters. The van der Waals surface area contributed by atoms with Gasteiger partial charge in [-0.05, 0) is 23.1 Å². The second-order valence-electron chi connectivity index (χ2n) is 7.69. The van der Waals surface area contributed by atoms with Gasteiger partial charge in [0.15, 0.2) is 0 Å². The number of nitrogens with one attached hydrogen (secondary N) is 1. The summed E-state index contributed by atoms with van der Waals surface area (Å²) in [6.07, 6.45) is -0.125. The molecule has 0 saturated carbocycles. The molecule has 2 aromatic heterocycles. The van der Waals surface area contributed by atoms with Gasteiger partial charge in [0.25, 0.3) is 0 Å². The molecular weight excluding hydrogens is 438 g/mol.